The summed E-state index contributed by atoms with van der Waals surface area (Å²) in [5.74, 6) is 0.747. The Bertz CT molecular complexity index is 946. The van der Waals surface area contributed by atoms with Crippen molar-refractivity contribution in [3.63, 3.8) is 0 Å². The van der Waals surface area contributed by atoms with E-state index in [-0.39, 0.29) is 0 Å². The van der Waals surface area contributed by atoms with E-state index in [2.05, 4.69) is 17.1 Å². The van der Waals surface area contributed by atoms with Crippen molar-refractivity contribution in [2.45, 2.75) is 52.7 Å². The van der Waals surface area contributed by atoms with Crippen molar-refractivity contribution in [1.82, 2.24) is 10.2 Å². The predicted octanol–water partition coefficient (Wildman–Crippen LogP) is 5.66. The largest absolute Gasteiger partial charge is 0.493 e. The van der Waals surface area contributed by atoms with Gasteiger partial charge in [-0.25, -0.2) is 4.79 Å². The summed E-state index contributed by atoms with van der Waals surface area (Å²) < 4.78 is 12.2. The molecular formula is C20H25N3O3S2. The summed E-state index contributed by atoms with van der Waals surface area (Å²) in [6.45, 7) is 8.13. The van der Waals surface area contributed by atoms with E-state index in [1.165, 1.54) is 0 Å². The standard InChI is InChI=1S/C20H25N3O3S2/c1-6-8-15-17(25-5)16-18(28-15)14(11-21-22-16)23(12-13-9-7-10-27-13)19(24)26-20(2,3)4/h7,9-11H,6,8,12H2,1-5H3. The molecule has 1 amide bonds. The molecule has 0 unspecified atom stereocenters. The number of aryl methyl sites for hydroxylation is 1. The lowest BCUT2D eigenvalue weighted by Gasteiger charge is -2.27. The predicted molar refractivity (Wildman–Crippen MR) is 115 cm³/mol. The lowest BCUT2D eigenvalue weighted by Crippen LogP contribution is -2.36. The first-order chi connectivity index (χ1) is 13.3. The lowest BCUT2D eigenvalue weighted by atomic mass is 10.2. The number of hydrogen-bond acceptors (Lipinski definition) is 7. The number of ether oxygens (including phenoxy) is 2. The number of methoxy groups -OCH3 is 1. The second kappa shape index (κ2) is 8.45. The van der Waals surface area contributed by atoms with Gasteiger partial charge in [0.05, 0.1) is 30.2 Å². The van der Waals surface area contributed by atoms with Crippen LogP contribution in [-0.2, 0) is 17.7 Å². The van der Waals surface area contributed by atoms with Crippen molar-refractivity contribution < 1.29 is 14.3 Å². The van der Waals surface area contributed by atoms with Gasteiger partial charge in [0.2, 0.25) is 0 Å². The van der Waals surface area contributed by atoms with Crippen LogP contribution in [0.3, 0.4) is 0 Å². The van der Waals surface area contributed by atoms with Crippen LogP contribution in [-0.4, -0.2) is 29.0 Å². The summed E-state index contributed by atoms with van der Waals surface area (Å²) in [7, 11) is 1.65. The Morgan fingerprint density at radius 3 is 2.71 bits per heavy atom. The van der Waals surface area contributed by atoms with Crippen LogP contribution in [0.25, 0.3) is 10.2 Å². The molecule has 0 atom stereocenters. The molecule has 6 nitrogen and oxygen atoms in total. The minimum Gasteiger partial charge on any atom is -0.493 e. The minimum absolute atomic E-state index is 0.403. The van der Waals surface area contributed by atoms with Crippen LogP contribution in [0.5, 0.6) is 5.75 Å². The summed E-state index contributed by atoms with van der Waals surface area (Å²) in [5, 5.41) is 10.4. The maximum Gasteiger partial charge on any atom is 0.415 e. The zero-order chi connectivity index (χ0) is 20.3. The highest BCUT2D eigenvalue weighted by Crippen LogP contribution is 2.42. The number of carbonyl (C=O) groups is 1. The maximum absolute atomic E-state index is 13.0. The molecular weight excluding hydrogens is 394 g/mol. The van der Waals surface area contributed by atoms with Crippen LogP contribution in [0.2, 0.25) is 0 Å². The third-order valence-electron chi connectivity index (χ3n) is 3.96. The van der Waals surface area contributed by atoms with E-state index in [0.717, 1.165) is 33.0 Å². The molecule has 0 aliphatic rings. The number of hydrogen-bond donors (Lipinski definition) is 0. The molecule has 0 aliphatic heterocycles. The normalized spacial score (nSPS) is 11.6. The molecule has 0 saturated carbocycles. The van der Waals surface area contributed by atoms with Crippen LogP contribution in [0.4, 0.5) is 10.5 Å². The van der Waals surface area contributed by atoms with Gasteiger partial charge >= 0.3 is 6.09 Å². The number of carbonyl (C=O) groups excluding carboxylic acids is 1. The Kier molecular flexibility index (Phi) is 6.20. The fourth-order valence-electron chi connectivity index (χ4n) is 2.84. The topological polar surface area (TPSA) is 64.6 Å². The highest BCUT2D eigenvalue weighted by Gasteiger charge is 2.28. The van der Waals surface area contributed by atoms with Crippen molar-refractivity contribution in [2.75, 3.05) is 12.0 Å². The van der Waals surface area contributed by atoms with E-state index < -0.39 is 11.7 Å². The van der Waals surface area contributed by atoms with Gasteiger partial charge in [-0.05, 0) is 38.6 Å². The van der Waals surface area contributed by atoms with E-state index in [4.69, 9.17) is 9.47 Å². The number of thiophene rings is 2. The SMILES string of the molecule is CCCc1sc2c(N(Cc3cccs3)C(=O)OC(C)(C)C)cnnc2c1OC. The molecule has 3 aromatic heterocycles. The molecule has 150 valence electrons. The molecule has 0 bridgehead atoms. The van der Waals surface area contributed by atoms with Gasteiger partial charge in [-0.2, -0.15) is 5.10 Å². The molecule has 0 fully saturated rings. The first kappa shape index (κ1) is 20.5. The monoisotopic (exact) mass is 419 g/mol. The number of nitrogens with zero attached hydrogens (tertiary/aromatic N) is 3. The third-order valence-corrected chi connectivity index (χ3v) is 6.06. The molecule has 0 saturated heterocycles. The second-order valence-electron chi connectivity index (χ2n) is 7.36. The van der Waals surface area contributed by atoms with E-state index in [9.17, 15) is 4.79 Å². The van der Waals surface area contributed by atoms with Crippen molar-refractivity contribution >= 4 is 44.7 Å². The first-order valence-electron chi connectivity index (χ1n) is 9.18. The smallest absolute Gasteiger partial charge is 0.415 e. The summed E-state index contributed by atoms with van der Waals surface area (Å²) in [4.78, 5) is 16.9. The highest BCUT2D eigenvalue weighted by molar-refractivity contribution is 7.20. The molecule has 0 aliphatic carbocycles. The van der Waals surface area contributed by atoms with E-state index in [1.807, 2.05) is 38.3 Å². The number of anilines is 1. The van der Waals surface area contributed by atoms with Crippen molar-refractivity contribution in [2.24, 2.45) is 0 Å². The van der Waals surface area contributed by atoms with Crippen LogP contribution >= 0.6 is 22.7 Å². The van der Waals surface area contributed by atoms with Crippen molar-refractivity contribution in [3.8, 4) is 5.75 Å². The maximum atomic E-state index is 13.0. The number of fused-ring (bicyclic) bond motifs is 1. The van der Waals surface area contributed by atoms with Crippen LogP contribution < -0.4 is 9.64 Å². The van der Waals surface area contributed by atoms with Crippen LogP contribution in [0.15, 0.2) is 23.7 Å². The Hall–Kier alpha value is -2.19. The molecule has 3 rings (SSSR count). The zero-order valence-corrected chi connectivity index (χ0v) is 18.4. The lowest BCUT2D eigenvalue weighted by molar-refractivity contribution is 0.0578. The Morgan fingerprint density at radius 2 is 2.11 bits per heavy atom. The van der Waals surface area contributed by atoms with E-state index in [1.54, 1.807) is 40.9 Å². The van der Waals surface area contributed by atoms with Crippen LogP contribution in [0.1, 0.15) is 43.9 Å². The van der Waals surface area contributed by atoms with Crippen molar-refractivity contribution in [1.29, 1.82) is 0 Å². The molecule has 3 aromatic rings. The van der Waals surface area contributed by atoms with Gasteiger partial charge in [-0.15, -0.1) is 27.8 Å². The Labute approximate surface area is 173 Å². The van der Waals surface area contributed by atoms with Crippen molar-refractivity contribution in [3.05, 3.63) is 33.5 Å². The van der Waals surface area contributed by atoms with Crippen LogP contribution in [0, 0.1) is 0 Å². The van der Waals surface area contributed by atoms with Gasteiger partial charge in [-0.1, -0.05) is 19.4 Å². The Balaban J connectivity index is 2.10. The average molecular weight is 420 g/mol. The molecule has 0 spiro atoms. The van der Waals surface area contributed by atoms with Gasteiger partial charge < -0.3 is 9.47 Å². The molecule has 28 heavy (non-hydrogen) atoms. The fourth-order valence-corrected chi connectivity index (χ4v) is 4.85. The first-order valence-corrected chi connectivity index (χ1v) is 10.9. The number of aromatic nitrogens is 2. The summed E-state index contributed by atoms with van der Waals surface area (Å²) in [6, 6.07) is 3.98. The van der Waals surface area contributed by atoms with E-state index >= 15 is 0 Å². The summed E-state index contributed by atoms with van der Waals surface area (Å²) in [6.07, 6.45) is 3.11. The van der Waals surface area contributed by atoms with Gasteiger partial charge in [0, 0.05) is 9.75 Å². The molecule has 0 aromatic carbocycles. The fraction of sp³-hybridized carbons (Fsp3) is 0.450. The molecule has 8 heteroatoms. The quantitative estimate of drug-likeness (QED) is 0.516. The van der Waals surface area contributed by atoms with Gasteiger partial charge in [-0.3, -0.25) is 4.90 Å². The summed E-state index contributed by atoms with van der Waals surface area (Å²) >= 11 is 3.20. The van der Waals surface area contributed by atoms with Gasteiger partial charge in [0.25, 0.3) is 0 Å². The minimum atomic E-state index is -0.592. The Morgan fingerprint density at radius 1 is 1.32 bits per heavy atom. The molecule has 0 radical (unpaired) electrons. The van der Waals surface area contributed by atoms with Gasteiger partial charge in [0.15, 0.2) is 5.75 Å². The molecule has 3 heterocycles. The number of rotatable bonds is 6. The average Bonchev–Trinajstić information content (AvgIpc) is 3.25. The molecule has 0 N–H and O–H groups in total. The van der Waals surface area contributed by atoms with E-state index in [0.29, 0.717) is 17.7 Å². The highest BCUT2D eigenvalue weighted by atomic mass is 32.1. The number of amides is 1. The zero-order valence-electron chi connectivity index (χ0n) is 16.8. The third kappa shape index (κ3) is 4.44. The second-order valence-corrected chi connectivity index (χ2v) is 9.50. The van der Waals surface area contributed by atoms with Gasteiger partial charge in [0.1, 0.15) is 11.1 Å². The summed E-state index contributed by atoms with van der Waals surface area (Å²) in [5.41, 5.74) is 0.789.